The van der Waals surface area contributed by atoms with Gasteiger partial charge in [-0.25, -0.2) is 0 Å². The van der Waals surface area contributed by atoms with Gasteiger partial charge in [0.05, 0.1) is 20.0 Å². The fourth-order valence-corrected chi connectivity index (χ4v) is 7.20. The van der Waals surface area contributed by atoms with Crippen molar-refractivity contribution < 1.29 is 18.7 Å². The molecule has 6 rings (SSSR count). The lowest BCUT2D eigenvalue weighted by molar-refractivity contribution is -0.123. The molecule has 4 fully saturated rings. The summed E-state index contributed by atoms with van der Waals surface area (Å²) in [5.41, 5.74) is 1.04. The van der Waals surface area contributed by atoms with E-state index in [0.29, 0.717) is 28.0 Å². The molecule has 7 nitrogen and oxygen atoms in total. The third-order valence-corrected chi connectivity index (χ3v) is 8.56. The molecule has 0 radical (unpaired) electrons. The fraction of sp³-hybridized carbons (Fsp3) is 0.625. The van der Waals surface area contributed by atoms with E-state index in [1.54, 1.807) is 26.4 Å². The summed E-state index contributed by atoms with van der Waals surface area (Å²) in [4.78, 5) is 12.7. The molecular formula is C24H31N3O4S. The Bertz CT molecular complexity index is 956. The number of aromatic nitrogens is 2. The van der Waals surface area contributed by atoms with Gasteiger partial charge in [0.1, 0.15) is 0 Å². The summed E-state index contributed by atoms with van der Waals surface area (Å²) >= 11 is 1.27. The van der Waals surface area contributed by atoms with Crippen LogP contribution in [0.4, 0.5) is 0 Å². The van der Waals surface area contributed by atoms with Crippen LogP contribution >= 0.6 is 11.8 Å². The quantitative estimate of drug-likeness (QED) is 0.581. The lowest BCUT2D eigenvalue weighted by Crippen LogP contribution is -2.56. The smallest absolute Gasteiger partial charge is 0.277 e. The molecule has 1 atom stereocenters. The molecule has 4 aliphatic carbocycles. The Morgan fingerprint density at radius 3 is 2.41 bits per heavy atom. The molecule has 4 aliphatic rings. The number of carbonyl (C=O) groups is 1. The maximum atomic E-state index is 12.7. The molecule has 0 spiro atoms. The molecule has 1 heterocycles. The van der Waals surface area contributed by atoms with Crippen molar-refractivity contribution in [3.63, 3.8) is 0 Å². The van der Waals surface area contributed by atoms with Crippen molar-refractivity contribution in [1.82, 2.24) is 15.5 Å². The molecule has 4 bridgehead atoms. The van der Waals surface area contributed by atoms with Gasteiger partial charge < -0.3 is 19.2 Å². The van der Waals surface area contributed by atoms with E-state index < -0.39 is 0 Å². The molecule has 0 saturated heterocycles. The average Bonchev–Trinajstić information content (AvgIpc) is 3.25. The van der Waals surface area contributed by atoms with Crippen LogP contribution in [0, 0.1) is 23.2 Å². The highest BCUT2D eigenvalue weighted by molar-refractivity contribution is 7.99. The standard InChI is InChI=1S/C24H31N3O4S/c1-14(24-10-15-6-16(11-24)8-17(7-15)12-24)25-21(28)13-32-23-27-26-22(31-23)18-4-5-19(29-2)20(9-18)30-3/h4-5,9,14-17H,6-8,10-13H2,1-3H3,(H,25,28)/t14-,15?,16?,17?,24?/m0/s1. The zero-order valence-corrected chi connectivity index (χ0v) is 19.7. The molecular weight excluding hydrogens is 426 g/mol. The lowest BCUT2D eigenvalue weighted by Gasteiger charge is -2.59. The van der Waals surface area contributed by atoms with Gasteiger partial charge in [0.25, 0.3) is 5.22 Å². The fourth-order valence-electron chi connectivity index (χ4n) is 6.63. The Morgan fingerprint density at radius 1 is 1.12 bits per heavy atom. The van der Waals surface area contributed by atoms with Gasteiger partial charge in [0.2, 0.25) is 11.8 Å². The van der Waals surface area contributed by atoms with Gasteiger partial charge in [-0.1, -0.05) is 11.8 Å². The Hall–Kier alpha value is -2.22. The molecule has 1 aromatic carbocycles. The topological polar surface area (TPSA) is 86.5 Å². The van der Waals surface area contributed by atoms with Crippen LogP contribution in [0.3, 0.4) is 0 Å². The summed E-state index contributed by atoms with van der Waals surface area (Å²) in [7, 11) is 3.17. The largest absolute Gasteiger partial charge is 0.493 e. The molecule has 0 aliphatic heterocycles. The van der Waals surface area contributed by atoms with Crippen LogP contribution in [-0.2, 0) is 4.79 Å². The molecule has 4 saturated carbocycles. The first-order chi connectivity index (χ1) is 15.5. The summed E-state index contributed by atoms with van der Waals surface area (Å²) in [5, 5.41) is 11.9. The van der Waals surface area contributed by atoms with Crippen molar-refractivity contribution in [1.29, 1.82) is 0 Å². The van der Waals surface area contributed by atoms with Gasteiger partial charge in [-0.3, -0.25) is 4.79 Å². The van der Waals surface area contributed by atoms with Crippen LogP contribution in [0.1, 0.15) is 45.4 Å². The minimum atomic E-state index is 0.0316. The first-order valence-electron chi connectivity index (χ1n) is 11.5. The SMILES string of the molecule is COc1ccc(-c2nnc(SCC(=O)N[C@@H](C)C34CC5CC(CC(C5)C3)C4)o2)cc1OC. The maximum Gasteiger partial charge on any atom is 0.277 e. The number of amides is 1. The average molecular weight is 458 g/mol. The monoisotopic (exact) mass is 457 g/mol. The Balaban J connectivity index is 1.17. The van der Waals surface area contributed by atoms with Crippen LogP contribution in [0.25, 0.3) is 11.5 Å². The van der Waals surface area contributed by atoms with Crippen molar-refractivity contribution in [2.45, 2.75) is 56.7 Å². The highest BCUT2D eigenvalue weighted by Gasteiger charge is 2.53. The zero-order chi connectivity index (χ0) is 22.3. The van der Waals surface area contributed by atoms with Crippen LogP contribution in [-0.4, -0.2) is 42.1 Å². The first kappa shape index (κ1) is 21.6. The summed E-state index contributed by atoms with van der Waals surface area (Å²) in [6.07, 6.45) is 8.09. The van der Waals surface area contributed by atoms with E-state index in [1.807, 2.05) is 6.07 Å². The summed E-state index contributed by atoms with van der Waals surface area (Å²) < 4.78 is 16.4. The number of thioether (sulfide) groups is 1. The van der Waals surface area contributed by atoms with Gasteiger partial charge in [-0.2, -0.15) is 0 Å². The van der Waals surface area contributed by atoms with Gasteiger partial charge in [0.15, 0.2) is 11.5 Å². The predicted octanol–water partition coefficient (Wildman–Crippen LogP) is 4.57. The number of nitrogens with one attached hydrogen (secondary N) is 1. The highest BCUT2D eigenvalue weighted by Crippen LogP contribution is 2.61. The van der Waals surface area contributed by atoms with Gasteiger partial charge in [-0.15, -0.1) is 10.2 Å². The number of hydrogen-bond acceptors (Lipinski definition) is 7. The van der Waals surface area contributed by atoms with Crippen molar-refractivity contribution in [2.75, 3.05) is 20.0 Å². The van der Waals surface area contributed by atoms with Crippen LogP contribution in [0.15, 0.2) is 27.8 Å². The molecule has 8 heteroatoms. The van der Waals surface area contributed by atoms with E-state index >= 15 is 0 Å². The second-order valence-corrected chi connectivity index (χ2v) is 10.7. The Kier molecular flexibility index (Phi) is 5.82. The van der Waals surface area contributed by atoms with E-state index in [-0.39, 0.29) is 17.7 Å². The molecule has 1 N–H and O–H groups in total. The van der Waals surface area contributed by atoms with Crippen molar-refractivity contribution in [3.05, 3.63) is 18.2 Å². The Morgan fingerprint density at radius 2 is 1.78 bits per heavy atom. The van der Waals surface area contributed by atoms with Gasteiger partial charge >= 0.3 is 0 Å². The molecule has 1 amide bonds. The lowest BCUT2D eigenvalue weighted by atomic mass is 9.48. The second-order valence-electron chi connectivity index (χ2n) is 9.80. The number of rotatable bonds is 8. The predicted molar refractivity (Wildman–Crippen MR) is 122 cm³/mol. The minimum Gasteiger partial charge on any atom is -0.493 e. The first-order valence-corrected chi connectivity index (χ1v) is 12.4. The van der Waals surface area contributed by atoms with E-state index in [9.17, 15) is 4.79 Å². The molecule has 2 aromatic rings. The number of methoxy groups -OCH3 is 2. The maximum absolute atomic E-state index is 12.7. The van der Waals surface area contributed by atoms with E-state index in [4.69, 9.17) is 13.9 Å². The molecule has 1 aromatic heterocycles. The third-order valence-electron chi connectivity index (χ3n) is 7.75. The molecule has 32 heavy (non-hydrogen) atoms. The number of benzene rings is 1. The van der Waals surface area contributed by atoms with Crippen molar-refractivity contribution in [2.24, 2.45) is 23.2 Å². The van der Waals surface area contributed by atoms with Crippen molar-refractivity contribution in [3.8, 4) is 23.0 Å². The third kappa shape index (κ3) is 4.09. The van der Waals surface area contributed by atoms with Crippen LogP contribution in [0.5, 0.6) is 11.5 Å². The summed E-state index contributed by atoms with van der Waals surface area (Å²) in [6.45, 7) is 2.21. The number of hydrogen-bond donors (Lipinski definition) is 1. The molecule has 0 unspecified atom stereocenters. The summed E-state index contributed by atoms with van der Waals surface area (Å²) in [6, 6.07) is 5.64. The number of nitrogens with zero attached hydrogens (tertiary/aromatic N) is 2. The van der Waals surface area contributed by atoms with Gasteiger partial charge in [-0.05, 0) is 86.8 Å². The van der Waals surface area contributed by atoms with E-state index in [1.165, 1.54) is 50.3 Å². The van der Waals surface area contributed by atoms with Crippen LogP contribution < -0.4 is 14.8 Å². The number of ether oxygens (including phenoxy) is 2. The van der Waals surface area contributed by atoms with Crippen LogP contribution in [0.2, 0.25) is 0 Å². The van der Waals surface area contributed by atoms with E-state index in [2.05, 4.69) is 22.4 Å². The summed E-state index contributed by atoms with van der Waals surface area (Å²) in [5.74, 6) is 4.55. The number of carbonyl (C=O) groups excluding carboxylic acids is 1. The minimum absolute atomic E-state index is 0.0316. The zero-order valence-electron chi connectivity index (χ0n) is 18.9. The van der Waals surface area contributed by atoms with Gasteiger partial charge in [0, 0.05) is 11.6 Å². The molecule has 172 valence electrons. The second kappa shape index (κ2) is 8.61. The van der Waals surface area contributed by atoms with Crippen molar-refractivity contribution >= 4 is 17.7 Å². The normalized spacial score (nSPS) is 29.0. The Labute approximate surface area is 193 Å². The highest BCUT2D eigenvalue weighted by atomic mass is 32.2. The van der Waals surface area contributed by atoms with E-state index in [0.717, 1.165) is 23.3 Å².